The van der Waals surface area contributed by atoms with Crippen LogP contribution in [-0.2, 0) is 27.1 Å². The molecule has 0 saturated carbocycles. The highest BCUT2D eigenvalue weighted by Gasteiger charge is 2.33. The van der Waals surface area contributed by atoms with Gasteiger partial charge in [-0.3, -0.25) is 9.69 Å². The molecule has 0 spiro atoms. The fourth-order valence-corrected chi connectivity index (χ4v) is 4.60. The van der Waals surface area contributed by atoms with E-state index in [2.05, 4.69) is 9.82 Å². The Hall–Kier alpha value is -2.39. The summed E-state index contributed by atoms with van der Waals surface area (Å²) < 4.78 is 34.6. The summed E-state index contributed by atoms with van der Waals surface area (Å²) in [4.78, 5) is 14.5. The van der Waals surface area contributed by atoms with E-state index in [9.17, 15) is 13.2 Å². The predicted octanol–water partition coefficient (Wildman–Crippen LogP) is 1.53. The molecule has 0 bridgehead atoms. The molecule has 1 atom stereocenters. The minimum absolute atomic E-state index is 0.207. The number of nitrogens with zero attached hydrogens (tertiary/aromatic N) is 3. The number of anilines is 1. The van der Waals surface area contributed by atoms with E-state index in [1.807, 2.05) is 6.92 Å². The standard InChI is InChI=1S/C18H24N4O4S/c1-3-22-17(9-10-19-22)21-11-5-8-16(18(21)23)20-27(24,25)13-14-6-4-7-15(12-14)26-2/h4,6-7,9-10,12,16,20H,3,5,8,11,13H2,1-2H3. The zero-order valence-electron chi connectivity index (χ0n) is 15.5. The van der Waals surface area contributed by atoms with Crippen LogP contribution in [0.4, 0.5) is 5.82 Å². The summed E-state index contributed by atoms with van der Waals surface area (Å²) in [5.41, 5.74) is 0.603. The second-order valence-electron chi connectivity index (χ2n) is 6.42. The first-order valence-electron chi connectivity index (χ1n) is 8.89. The van der Waals surface area contributed by atoms with Crippen LogP contribution in [0.15, 0.2) is 36.5 Å². The van der Waals surface area contributed by atoms with E-state index in [0.29, 0.717) is 43.1 Å². The van der Waals surface area contributed by atoms with Gasteiger partial charge in [-0.1, -0.05) is 12.1 Å². The summed E-state index contributed by atoms with van der Waals surface area (Å²) >= 11 is 0. The lowest BCUT2D eigenvalue weighted by Crippen LogP contribution is -2.53. The van der Waals surface area contributed by atoms with Gasteiger partial charge in [-0.15, -0.1) is 0 Å². The van der Waals surface area contributed by atoms with Gasteiger partial charge in [-0.2, -0.15) is 5.10 Å². The third kappa shape index (κ3) is 4.48. The molecule has 9 heteroatoms. The number of rotatable bonds is 7. The van der Waals surface area contributed by atoms with E-state index < -0.39 is 16.1 Å². The Bertz CT molecular complexity index is 910. The number of ether oxygens (including phenoxy) is 1. The number of carbonyl (C=O) groups excluding carboxylic acids is 1. The number of nitrogens with one attached hydrogen (secondary N) is 1. The molecule has 8 nitrogen and oxygen atoms in total. The van der Waals surface area contributed by atoms with Crippen LogP contribution in [0.3, 0.4) is 0 Å². The summed E-state index contributed by atoms with van der Waals surface area (Å²) in [6.45, 7) is 3.14. The van der Waals surface area contributed by atoms with Gasteiger partial charge in [0.15, 0.2) is 0 Å². The number of methoxy groups -OCH3 is 1. The Morgan fingerprint density at radius 3 is 2.89 bits per heavy atom. The van der Waals surface area contributed by atoms with Crippen LogP contribution in [0.2, 0.25) is 0 Å². The van der Waals surface area contributed by atoms with Crippen LogP contribution in [0.5, 0.6) is 5.75 Å². The average molecular weight is 392 g/mol. The zero-order valence-corrected chi connectivity index (χ0v) is 16.3. The quantitative estimate of drug-likeness (QED) is 0.771. The summed E-state index contributed by atoms with van der Waals surface area (Å²) in [6, 6.07) is 7.89. The number of amides is 1. The first-order valence-corrected chi connectivity index (χ1v) is 10.5. The lowest BCUT2D eigenvalue weighted by atomic mass is 10.1. The normalized spacial score (nSPS) is 17.9. The topological polar surface area (TPSA) is 93.5 Å². The number of piperidine rings is 1. The first kappa shape index (κ1) is 19.4. The van der Waals surface area contributed by atoms with E-state index in [1.54, 1.807) is 46.1 Å². The van der Waals surface area contributed by atoms with Crippen LogP contribution in [-0.4, -0.2) is 43.8 Å². The van der Waals surface area contributed by atoms with Crippen LogP contribution in [0.1, 0.15) is 25.3 Å². The fourth-order valence-electron chi connectivity index (χ4n) is 3.25. The molecular formula is C18H24N4O4S. The zero-order chi connectivity index (χ0) is 19.4. The monoisotopic (exact) mass is 392 g/mol. The maximum Gasteiger partial charge on any atom is 0.246 e. The lowest BCUT2D eigenvalue weighted by molar-refractivity contribution is -0.121. The highest BCUT2D eigenvalue weighted by atomic mass is 32.2. The number of aryl methyl sites for hydroxylation is 1. The molecule has 0 aliphatic carbocycles. The summed E-state index contributed by atoms with van der Waals surface area (Å²) in [5.74, 6) is 0.834. The highest BCUT2D eigenvalue weighted by Crippen LogP contribution is 2.22. The molecule has 27 heavy (non-hydrogen) atoms. The molecule has 1 fully saturated rings. The smallest absolute Gasteiger partial charge is 0.246 e. The highest BCUT2D eigenvalue weighted by molar-refractivity contribution is 7.88. The van der Waals surface area contributed by atoms with Crippen molar-refractivity contribution in [2.24, 2.45) is 0 Å². The Kier molecular flexibility index (Phi) is 5.81. The van der Waals surface area contributed by atoms with Crippen molar-refractivity contribution in [3.05, 3.63) is 42.1 Å². The van der Waals surface area contributed by atoms with Crippen molar-refractivity contribution in [2.75, 3.05) is 18.6 Å². The molecule has 1 aromatic carbocycles. The maximum atomic E-state index is 12.9. The molecule has 1 unspecified atom stereocenters. The minimum Gasteiger partial charge on any atom is -0.497 e. The molecule has 2 aromatic rings. The van der Waals surface area contributed by atoms with Crippen molar-refractivity contribution in [3.63, 3.8) is 0 Å². The fraction of sp³-hybridized carbons (Fsp3) is 0.444. The second kappa shape index (κ2) is 8.10. The van der Waals surface area contributed by atoms with Crippen molar-refractivity contribution in [1.29, 1.82) is 0 Å². The number of sulfonamides is 1. The van der Waals surface area contributed by atoms with Gasteiger partial charge in [0.25, 0.3) is 0 Å². The van der Waals surface area contributed by atoms with Gasteiger partial charge in [0.05, 0.1) is 19.1 Å². The van der Waals surface area contributed by atoms with E-state index >= 15 is 0 Å². The third-order valence-corrected chi connectivity index (χ3v) is 5.88. The molecule has 1 saturated heterocycles. The van der Waals surface area contributed by atoms with Crippen LogP contribution < -0.4 is 14.4 Å². The van der Waals surface area contributed by atoms with Crippen molar-refractivity contribution in [3.8, 4) is 5.75 Å². The van der Waals surface area contributed by atoms with Gasteiger partial charge >= 0.3 is 0 Å². The lowest BCUT2D eigenvalue weighted by Gasteiger charge is -2.32. The van der Waals surface area contributed by atoms with Gasteiger partial charge in [0, 0.05) is 19.2 Å². The maximum absolute atomic E-state index is 12.9. The van der Waals surface area contributed by atoms with Gasteiger partial charge in [0.1, 0.15) is 17.6 Å². The van der Waals surface area contributed by atoms with E-state index in [1.165, 1.54) is 7.11 Å². The Balaban J connectivity index is 1.72. The molecular weight excluding hydrogens is 368 g/mol. The van der Waals surface area contributed by atoms with Crippen LogP contribution in [0.25, 0.3) is 0 Å². The van der Waals surface area contributed by atoms with Crippen LogP contribution >= 0.6 is 0 Å². The molecule has 2 heterocycles. The molecule has 146 valence electrons. The average Bonchev–Trinajstić information content (AvgIpc) is 3.11. The summed E-state index contributed by atoms with van der Waals surface area (Å²) in [7, 11) is -2.15. The van der Waals surface area contributed by atoms with E-state index in [0.717, 1.165) is 0 Å². The number of hydrogen-bond donors (Lipinski definition) is 1. The Labute approximate surface area is 159 Å². The van der Waals surface area contributed by atoms with E-state index in [4.69, 9.17) is 4.74 Å². The second-order valence-corrected chi connectivity index (χ2v) is 8.17. The van der Waals surface area contributed by atoms with E-state index in [-0.39, 0.29) is 11.7 Å². The number of hydrogen-bond acceptors (Lipinski definition) is 5. The summed E-state index contributed by atoms with van der Waals surface area (Å²) in [5, 5.41) is 4.19. The number of carbonyl (C=O) groups is 1. The van der Waals surface area contributed by atoms with Crippen molar-refractivity contribution in [2.45, 2.75) is 38.1 Å². The van der Waals surface area contributed by atoms with Crippen molar-refractivity contribution >= 4 is 21.7 Å². The minimum atomic E-state index is -3.68. The number of aromatic nitrogens is 2. The predicted molar refractivity (Wildman–Crippen MR) is 102 cm³/mol. The largest absolute Gasteiger partial charge is 0.497 e. The molecule has 0 radical (unpaired) electrons. The first-order chi connectivity index (χ1) is 12.9. The van der Waals surface area contributed by atoms with Gasteiger partial charge in [-0.25, -0.2) is 17.8 Å². The molecule has 1 aliphatic heterocycles. The van der Waals surface area contributed by atoms with Crippen LogP contribution in [0, 0.1) is 0 Å². The van der Waals surface area contributed by atoms with Gasteiger partial charge < -0.3 is 4.74 Å². The Morgan fingerprint density at radius 2 is 2.15 bits per heavy atom. The Morgan fingerprint density at radius 1 is 1.33 bits per heavy atom. The molecule has 1 N–H and O–H groups in total. The summed E-state index contributed by atoms with van der Waals surface area (Å²) in [6.07, 6.45) is 2.84. The van der Waals surface area contributed by atoms with Crippen molar-refractivity contribution in [1.82, 2.24) is 14.5 Å². The number of benzene rings is 1. The van der Waals surface area contributed by atoms with Crippen molar-refractivity contribution < 1.29 is 17.9 Å². The molecule has 3 rings (SSSR count). The third-order valence-electron chi connectivity index (χ3n) is 4.52. The SMILES string of the molecule is CCn1nccc1N1CCCC(NS(=O)(=O)Cc2cccc(OC)c2)C1=O. The molecule has 1 aromatic heterocycles. The van der Waals surface area contributed by atoms with Gasteiger partial charge in [0.2, 0.25) is 15.9 Å². The molecule has 1 amide bonds. The molecule has 1 aliphatic rings. The van der Waals surface area contributed by atoms with Gasteiger partial charge in [-0.05, 0) is 37.5 Å².